The molecule has 1 rings (SSSR count). The molecule has 0 aliphatic carbocycles. The van der Waals surface area contributed by atoms with Crippen molar-refractivity contribution in [3.63, 3.8) is 0 Å². The highest BCUT2D eigenvalue weighted by atomic mass is 16.4. The number of aryl methyl sites for hydroxylation is 1. The standard InChI is InChI=1S/C10H12N2O3/c1-7(10(14)15)5-6-12-9(13)4-3-8(2)11-12/h3-5H,6H2,1-2H3,(H,14,15)/b7-5-. The van der Waals surface area contributed by atoms with Gasteiger partial charge in [0.1, 0.15) is 0 Å². The van der Waals surface area contributed by atoms with Crippen molar-refractivity contribution in [3.8, 4) is 0 Å². The summed E-state index contributed by atoms with van der Waals surface area (Å²) in [5.74, 6) is -0.990. The van der Waals surface area contributed by atoms with E-state index in [1.165, 1.54) is 23.7 Å². The molecule has 0 amide bonds. The average Bonchev–Trinajstić information content (AvgIpc) is 2.18. The Morgan fingerprint density at radius 2 is 2.27 bits per heavy atom. The Morgan fingerprint density at radius 1 is 1.60 bits per heavy atom. The molecule has 1 heterocycles. The zero-order valence-corrected chi connectivity index (χ0v) is 8.60. The van der Waals surface area contributed by atoms with Crippen LogP contribution in [0, 0.1) is 6.92 Å². The highest BCUT2D eigenvalue weighted by Gasteiger charge is 2.00. The summed E-state index contributed by atoms with van der Waals surface area (Å²) in [6.07, 6.45) is 1.45. The highest BCUT2D eigenvalue weighted by molar-refractivity contribution is 5.85. The molecule has 0 saturated carbocycles. The molecule has 0 radical (unpaired) electrons. The van der Waals surface area contributed by atoms with E-state index in [4.69, 9.17) is 5.11 Å². The SMILES string of the molecule is C/C(=C/Cn1nc(C)ccc1=O)C(=O)O. The first-order chi connectivity index (χ1) is 7.00. The molecule has 5 nitrogen and oxygen atoms in total. The molecule has 0 fully saturated rings. The van der Waals surface area contributed by atoms with Crippen LogP contribution in [0.3, 0.4) is 0 Å². The van der Waals surface area contributed by atoms with E-state index in [1.54, 1.807) is 13.0 Å². The maximum atomic E-state index is 11.3. The van der Waals surface area contributed by atoms with Gasteiger partial charge < -0.3 is 5.11 Å². The lowest BCUT2D eigenvalue weighted by Gasteiger charge is -2.01. The molecule has 0 aliphatic heterocycles. The number of carboxylic acids is 1. The summed E-state index contributed by atoms with van der Waals surface area (Å²) < 4.78 is 1.22. The molecule has 1 N–H and O–H groups in total. The van der Waals surface area contributed by atoms with Crippen molar-refractivity contribution in [2.24, 2.45) is 0 Å². The van der Waals surface area contributed by atoms with Crippen LogP contribution in [0.5, 0.6) is 0 Å². The molecule has 0 aliphatic rings. The van der Waals surface area contributed by atoms with Crippen molar-refractivity contribution in [2.45, 2.75) is 20.4 Å². The number of aromatic nitrogens is 2. The van der Waals surface area contributed by atoms with Crippen LogP contribution in [0.1, 0.15) is 12.6 Å². The molecule has 0 bridgehead atoms. The molecular formula is C10H12N2O3. The summed E-state index contributed by atoms with van der Waals surface area (Å²) >= 11 is 0. The number of hydrogen-bond acceptors (Lipinski definition) is 3. The average molecular weight is 208 g/mol. The molecule has 1 aromatic heterocycles. The van der Waals surface area contributed by atoms with Gasteiger partial charge in [-0.15, -0.1) is 0 Å². The Balaban J connectivity index is 2.91. The molecule has 0 unspecified atom stereocenters. The van der Waals surface area contributed by atoms with Crippen molar-refractivity contribution in [2.75, 3.05) is 0 Å². The number of allylic oxidation sites excluding steroid dienone is 1. The molecule has 0 atom stereocenters. The van der Waals surface area contributed by atoms with Crippen LogP contribution in [-0.4, -0.2) is 20.9 Å². The summed E-state index contributed by atoms with van der Waals surface area (Å²) in [4.78, 5) is 21.8. The number of aliphatic carboxylic acids is 1. The number of nitrogens with zero attached hydrogens (tertiary/aromatic N) is 2. The van der Waals surface area contributed by atoms with Crippen LogP contribution in [0.15, 0.2) is 28.6 Å². The molecule has 5 heteroatoms. The van der Waals surface area contributed by atoms with Gasteiger partial charge in [-0.2, -0.15) is 5.10 Å². The first-order valence-electron chi connectivity index (χ1n) is 4.45. The van der Waals surface area contributed by atoms with Crippen molar-refractivity contribution in [1.82, 2.24) is 9.78 Å². The van der Waals surface area contributed by atoms with Crippen LogP contribution < -0.4 is 5.56 Å². The summed E-state index contributed by atoms with van der Waals surface area (Å²) in [6, 6.07) is 3.03. The van der Waals surface area contributed by atoms with Crippen LogP contribution in [0.25, 0.3) is 0 Å². The highest BCUT2D eigenvalue weighted by Crippen LogP contribution is 1.93. The van der Waals surface area contributed by atoms with E-state index in [1.807, 2.05) is 0 Å². The van der Waals surface area contributed by atoms with Gasteiger partial charge in [-0.3, -0.25) is 4.79 Å². The fourth-order valence-corrected chi connectivity index (χ4v) is 0.992. The zero-order valence-electron chi connectivity index (χ0n) is 8.60. The topological polar surface area (TPSA) is 72.2 Å². The molecule has 0 saturated heterocycles. The van der Waals surface area contributed by atoms with Gasteiger partial charge in [0.15, 0.2) is 0 Å². The van der Waals surface area contributed by atoms with Crippen molar-refractivity contribution >= 4 is 5.97 Å². The summed E-state index contributed by atoms with van der Waals surface area (Å²) in [6.45, 7) is 3.42. The molecule has 1 aromatic rings. The second-order valence-corrected chi connectivity index (χ2v) is 3.19. The number of hydrogen-bond donors (Lipinski definition) is 1. The third-order valence-electron chi connectivity index (χ3n) is 1.91. The largest absolute Gasteiger partial charge is 0.478 e. The van der Waals surface area contributed by atoms with Crippen LogP contribution in [-0.2, 0) is 11.3 Å². The zero-order chi connectivity index (χ0) is 11.4. The first kappa shape index (κ1) is 11.2. The lowest BCUT2D eigenvalue weighted by atomic mass is 10.3. The minimum atomic E-state index is -0.990. The monoisotopic (exact) mass is 208 g/mol. The number of rotatable bonds is 3. The minimum Gasteiger partial charge on any atom is -0.478 e. The van der Waals surface area contributed by atoms with E-state index >= 15 is 0 Å². The summed E-state index contributed by atoms with van der Waals surface area (Å²) in [5, 5.41) is 12.6. The van der Waals surface area contributed by atoms with Crippen LogP contribution >= 0.6 is 0 Å². The molecule has 80 valence electrons. The van der Waals surface area contributed by atoms with E-state index < -0.39 is 5.97 Å². The minimum absolute atomic E-state index is 0.179. The Morgan fingerprint density at radius 3 is 2.87 bits per heavy atom. The van der Waals surface area contributed by atoms with E-state index in [2.05, 4.69) is 5.10 Å². The number of carbonyl (C=O) groups is 1. The summed E-state index contributed by atoms with van der Waals surface area (Å²) in [5.41, 5.74) is 0.677. The summed E-state index contributed by atoms with van der Waals surface area (Å²) in [7, 11) is 0. The van der Waals surface area contributed by atoms with Crippen molar-refractivity contribution in [1.29, 1.82) is 0 Å². The maximum absolute atomic E-state index is 11.3. The van der Waals surface area contributed by atoms with Crippen molar-refractivity contribution < 1.29 is 9.90 Å². The quantitative estimate of drug-likeness (QED) is 0.737. The van der Waals surface area contributed by atoms with E-state index in [9.17, 15) is 9.59 Å². The second kappa shape index (κ2) is 4.54. The Hall–Kier alpha value is -1.91. The molecular weight excluding hydrogens is 196 g/mol. The maximum Gasteiger partial charge on any atom is 0.331 e. The normalized spacial score (nSPS) is 11.5. The molecule has 15 heavy (non-hydrogen) atoms. The third kappa shape index (κ3) is 3.05. The van der Waals surface area contributed by atoms with Crippen LogP contribution in [0.4, 0.5) is 0 Å². The fraction of sp³-hybridized carbons (Fsp3) is 0.300. The molecule has 0 spiro atoms. The third-order valence-corrected chi connectivity index (χ3v) is 1.91. The van der Waals surface area contributed by atoms with Crippen LogP contribution in [0.2, 0.25) is 0 Å². The fourth-order valence-electron chi connectivity index (χ4n) is 0.992. The second-order valence-electron chi connectivity index (χ2n) is 3.19. The smallest absolute Gasteiger partial charge is 0.331 e. The van der Waals surface area contributed by atoms with Gasteiger partial charge in [0.25, 0.3) is 5.56 Å². The lowest BCUT2D eigenvalue weighted by Crippen LogP contribution is -2.22. The Bertz CT molecular complexity index is 460. The Kier molecular flexibility index (Phi) is 3.38. The lowest BCUT2D eigenvalue weighted by molar-refractivity contribution is -0.132. The van der Waals surface area contributed by atoms with Gasteiger partial charge >= 0.3 is 5.97 Å². The predicted octanol–water partition coefficient (Wildman–Crippen LogP) is 0.583. The van der Waals surface area contributed by atoms with Gasteiger partial charge in [0.05, 0.1) is 12.2 Å². The van der Waals surface area contributed by atoms with Gasteiger partial charge in [0, 0.05) is 11.6 Å². The van der Waals surface area contributed by atoms with E-state index in [0.29, 0.717) is 0 Å². The van der Waals surface area contributed by atoms with Gasteiger partial charge in [0.2, 0.25) is 0 Å². The van der Waals surface area contributed by atoms with Crippen molar-refractivity contribution in [3.05, 3.63) is 39.8 Å². The van der Waals surface area contributed by atoms with Gasteiger partial charge in [-0.25, -0.2) is 9.48 Å². The van der Waals surface area contributed by atoms with Gasteiger partial charge in [-0.05, 0) is 19.9 Å². The predicted molar refractivity (Wildman–Crippen MR) is 54.6 cm³/mol. The van der Waals surface area contributed by atoms with E-state index in [-0.39, 0.29) is 17.7 Å². The van der Waals surface area contributed by atoms with Gasteiger partial charge in [-0.1, -0.05) is 6.08 Å². The Labute approximate surface area is 86.7 Å². The number of carboxylic acid groups (broad SMARTS) is 1. The van der Waals surface area contributed by atoms with E-state index in [0.717, 1.165) is 5.69 Å². The first-order valence-corrected chi connectivity index (χ1v) is 4.45. The molecule has 0 aromatic carbocycles.